The molecule has 0 radical (unpaired) electrons. The van der Waals surface area contributed by atoms with E-state index in [-0.39, 0.29) is 6.10 Å². The van der Waals surface area contributed by atoms with Crippen molar-refractivity contribution in [2.45, 2.75) is 39.0 Å². The summed E-state index contributed by atoms with van der Waals surface area (Å²) in [7, 11) is 0. The first-order chi connectivity index (χ1) is 6.24. The van der Waals surface area contributed by atoms with Gasteiger partial charge in [-0.05, 0) is 19.4 Å². The zero-order chi connectivity index (χ0) is 9.68. The first-order valence-electron chi connectivity index (χ1n) is 4.86. The van der Waals surface area contributed by atoms with Crippen LogP contribution in [0.4, 0.5) is 4.39 Å². The van der Waals surface area contributed by atoms with Crippen molar-refractivity contribution in [2.24, 2.45) is 0 Å². The summed E-state index contributed by atoms with van der Waals surface area (Å²) in [6, 6.07) is 0. The quantitative estimate of drug-likeness (QED) is 0.610. The van der Waals surface area contributed by atoms with Crippen LogP contribution in [0.5, 0.6) is 0 Å². The maximum atomic E-state index is 13.3. The Labute approximate surface area is 79.3 Å². The SMILES string of the molecule is CCCCOC1C=CC(C)=CC1F. The van der Waals surface area contributed by atoms with E-state index in [2.05, 4.69) is 6.92 Å². The molecule has 0 aromatic rings. The Balaban J connectivity index is 2.32. The van der Waals surface area contributed by atoms with Gasteiger partial charge in [-0.15, -0.1) is 0 Å². The van der Waals surface area contributed by atoms with Crippen LogP contribution in [0.15, 0.2) is 23.8 Å². The topological polar surface area (TPSA) is 9.23 Å². The monoisotopic (exact) mass is 184 g/mol. The normalized spacial score (nSPS) is 27.5. The van der Waals surface area contributed by atoms with Crippen molar-refractivity contribution in [3.05, 3.63) is 23.8 Å². The number of unbranched alkanes of at least 4 members (excludes halogenated alkanes) is 1. The molecule has 1 nitrogen and oxygen atoms in total. The van der Waals surface area contributed by atoms with Gasteiger partial charge in [-0.25, -0.2) is 4.39 Å². The van der Waals surface area contributed by atoms with Gasteiger partial charge >= 0.3 is 0 Å². The molecule has 1 aliphatic rings. The van der Waals surface area contributed by atoms with Crippen LogP contribution in [0.2, 0.25) is 0 Å². The molecule has 0 spiro atoms. The summed E-state index contributed by atoms with van der Waals surface area (Å²) in [6.45, 7) is 4.64. The highest BCUT2D eigenvalue weighted by Gasteiger charge is 2.19. The van der Waals surface area contributed by atoms with Crippen LogP contribution < -0.4 is 0 Å². The van der Waals surface area contributed by atoms with E-state index in [1.165, 1.54) is 0 Å². The lowest BCUT2D eigenvalue weighted by molar-refractivity contribution is 0.0415. The zero-order valence-corrected chi connectivity index (χ0v) is 8.29. The fourth-order valence-electron chi connectivity index (χ4n) is 1.27. The number of hydrogen-bond acceptors (Lipinski definition) is 1. The Bertz CT molecular complexity index is 208. The fourth-order valence-corrected chi connectivity index (χ4v) is 1.27. The van der Waals surface area contributed by atoms with Gasteiger partial charge in [-0.2, -0.15) is 0 Å². The zero-order valence-electron chi connectivity index (χ0n) is 8.29. The van der Waals surface area contributed by atoms with Crippen molar-refractivity contribution in [3.8, 4) is 0 Å². The fraction of sp³-hybridized carbons (Fsp3) is 0.636. The molecule has 13 heavy (non-hydrogen) atoms. The van der Waals surface area contributed by atoms with Gasteiger partial charge in [0.05, 0.1) is 0 Å². The first-order valence-corrected chi connectivity index (χ1v) is 4.86. The molecule has 0 amide bonds. The second-order valence-corrected chi connectivity index (χ2v) is 3.40. The number of hydrogen-bond donors (Lipinski definition) is 0. The molecule has 74 valence electrons. The molecule has 0 N–H and O–H groups in total. The molecular formula is C11H17FO. The van der Waals surface area contributed by atoms with Crippen LogP contribution in [-0.4, -0.2) is 18.9 Å². The van der Waals surface area contributed by atoms with E-state index in [4.69, 9.17) is 4.74 Å². The second-order valence-electron chi connectivity index (χ2n) is 3.40. The minimum Gasteiger partial charge on any atom is -0.371 e. The van der Waals surface area contributed by atoms with E-state index in [1.54, 1.807) is 12.2 Å². The predicted octanol–water partition coefficient (Wildman–Crippen LogP) is 3.03. The van der Waals surface area contributed by atoms with Crippen molar-refractivity contribution >= 4 is 0 Å². The molecule has 0 aromatic carbocycles. The lowest BCUT2D eigenvalue weighted by atomic mass is 10.0. The van der Waals surface area contributed by atoms with Gasteiger partial charge in [0.25, 0.3) is 0 Å². The van der Waals surface area contributed by atoms with Gasteiger partial charge in [-0.1, -0.05) is 31.1 Å². The van der Waals surface area contributed by atoms with Crippen LogP contribution in [0.25, 0.3) is 0 Å². The van der Waals surface area contributed by atoms with Crippen molar-refractivity contribution in [1.29, 1.82) is 0 Å². The number of ether oxygens (including phenoxy) is 1. The predicted molar refractivity (Wildman–Crippen MR) is 52.4 cm³/mol. The molecule has 1 rings (SSSR count). The summed E-state index contributed by atoms with van der Waals surface area (Å²) < 4.78 is 18.7. The molecule has 0 saturated heterocycles. The molecule has 0 heterocycles. The third-order valence-electron chi connectivity index (χ3n) is 2.09. The van der Waals surface area contributed by atoms with E-state index in [0.717, 1.165) is 18.4 Å². The van der Waals surface area contributed by atoms with Gasteiger partial charge in [0.1, 0.15) is 12.3 Å². The largest absolute Gasteiger partial charge is 0.371 e. The number of rotatable bonds is 4. The Morgan fingerprint density at radius 1 is 1.54 bits per heavy atom. The number of halogens is 1. The lowest BCUT2D eigenvalue weighted by Gasteiger charge is -2.19. The Kier molecular flexibility index (Phi) is 4.16. The molecule has 2 unspecified atom stereocenters. The van der Waals surface area contributed by atoms with Gasteiger partial charge < -0.3 is 4.74 Å². The van der Waals surface area contributed by atoms with Crippen LogP contribution in [0.1, 0.15) is 26.7 Å². The standard InChI is InChI=1S/C11H17FO/c1-3-4-7-13-11-6-5-9(2)8-10(11)12/h5-6,8,10-11H,3-4,7H2,1-2H3. The molecule has 2 heteroatoms. The Morgan fingerprint density at radius 3 is 2.92 bits per heavy atom. The van der Waals surface area contributed by atoms with E-state index >= 15 is 0 Å². The van der Waals surface area contributed by atoms with Crippen LogP contribution in [0, 0.1) is 0 Å². The summed E-state index contributed by atoms with van der Waals surface area (Å²) >= 11 is 0. The van der Waals surface area contributed by atoms with Crippen LogP contribution in [-0.2, 0) is 4.74 Å². The maximum Gasteiger partial charge on any atom is 0.148 e. The van der Waals surface area contributed by atoms with Crippen LogP contribution in [0.3, 0.4) is 0 Å². The molecule has 1 aliphatic carbocycles. The van der Waals surface area contributed by atoms with E-state index in [9.17, 15) is 4.39 Å². The van der Waals surface area contributed by atoms with Gasteiger partial charge in [0.15, 0.2) is 0 Å². The minimum atomic E-state index is -0.971. The highest BCUT2D eigenvalue weighted by molar-refractivity contribution is 5.25. The number of alkyl halides is 1. The molecule has 0 fully saturated rings. The van der Waals surface area contributed by atoms with Gasteiger partial charge in [-0.3, -0.25) is 0 Å². The van der Waals surface area contributed by atoms with Crippen molar-refractivity contribution in [3.63, 3.8) is 0 Å². The molecule has 0 aromatic heterocycles. The van der Waals surface area contributed by atoms with Gasteiger partial charge in [0.2, 0.25) is 0 Å². The highest BCUT2D eigenvalue weighted by atomic mass is 19.1. The molecule has 0 bridgehead atoms. The van der Waals surface area contributed by atoms with E-state index < -0.39 is 6.17 Å². The van der Waals surface area contributed by atoms with Crippen molar-refractivity contribution in [2.75, 3.05) is 6.61 Å². The minimum absolute atomic E-state index is 0.366. The van der Waals surface area contributed by atoms with Crippen molar-refractivity contribution in [1.82, 2.24) is 0 Å². The average molecular weight is 184 g/mol. The van der Waals surface area contributed by atoms with Crippen molar-refractivity contribution < 1.29 is 9.13 Å². The summed E-state index contributed by atoms with van der Waals surface area (Å²) in [5, 5.41) is 0. The summed E-state index contributed by atoms with van der Waals surface area (Å²) in [5.74, 6) is 0. The second kappa shape index (κ2) is 5.18. The van der Waals surface area contributed by atoms with E-state index in [1.807, 2.05) is 13.0 Å². The Morgan fingerprint density at radius 2 is 2.31 bits per heavy atom. The average Bonchev–Trinajstić information content (AvgIpc) is 2.09. The number of allylic oxidation sites excluding steroid dienone is 2. The Hall–Kier alpha value is -0.630. The van der Waals surface area contributed by atoms with Crippen LogP contribution >= 0.6 is 0 Å². The van der Waals surface area contributed by atoms with E-state index in [0.29, 0.717) is 6.61 Å². The summed E-state index contributed by atoms with van der Waals surface area (Å²) in [4.78, 5) is 0. The molecule has 0 saturated carbocycles. The third kappa shape index (κ3) is 3.31. The lowest BCUT2D eigenvalue weighted by Crippen LogP contribution is -2.24. The molecular weight excluding hydrogens is 167 g/mol. The smallest absolute Gasteiger partial charge is 0.148 e. The molecule has 2 atom stereocenters. The maximum absolute atomic E-state index is 13.3. The summed E-state index contributed by atoms with van der Waals surface area (Å²) in [5.41, 5.74) is 0.975. The highest BCUT2D eigenvalue weighted by Crippen LogP contribution is 2.16. The summed E-state index contributed by atoms with van der Waals surface area (Å²) in [6.07, 6.45) is 6.07. The molecule has 0 aliphatic heterocycles. The van der Waals surface area contributed by atoms with Gasteiger partial charge in [0, 0.05) is 6.61 Å². The first kappa shape index (κ1) is 10.5. The third-order valence-corrected chi connectivity index (χ3v) is 2.09.